The van der Waals surface area contributed by atoms with Crippen LogP contribution < -0.4 is 10.1 Å². The average molecular weight is 265 g/mol. The Bertz CT molecular complexity index is 383. The van der Waals surface area contributed by atoms with Crippen molar-refractivity contribution in [1.82, 2.24) is 5.32 Å². The largest absolute Gasteiger partial charge is 0.496 e. The van der Waals surface area contributed by atoms with E-state index in [4.69, 9.17) is 4.74 Å². The van der Waals surface area contributed by atoms with Gasteiger partial charge < -0.3 is 10.1 Å². The minimum absolute atomic E-state index is 0.396. The van der Waals surface area contributed by atoms with Crippen molar-refractivity contribution < 1.29 is 4.74 Å². The van der Waals surface area contributed by atoms with Crippen LogP contribution in [0.3, 0.4) is 0 Å². The molecular weight excluding hydrogens is 242 g/mol. The van der Waals surface area contributed by atoms with Crippen molar-refractivity contribution in [2.45, 2.75) is 44.0 Å². The molecule has 0 bridgehead atoms. The topological polar surface area (TPSA) is 21.3 Å². The smallest absolute Gasteiger partial charge is 0.123 e. The van der Waals surface area contributed by atoms with Crippen LogP contribution in [0.5, 0.6) is 5.75 Å². The van der Waals surface area contributed by atoms with E-state index in [0.717, 1.165) is 12.2 Å². The Hall–Kier alpha value is -0.670. The lowest BCUT2D eigenvalue weighted by atomic mass is 10.0. The summed E-state index contributed by atoms with van der Waals surface area (Å²) < 4.78 is 5.47. The molecule has 0 radical (unpaired) electrons. The molecule has 1 heterocycles. The van der Waals surface area contributed by atoms with Gasteiger partial charge in [-0.05, 0) is 24.7 Å². The fourth-order valence-electron chi connectivity index (χ4n) is 2.59. The van der Waals surface area contributed by atoms with Crippen LogP contribution in [-0.2, 0) is 0 Å². The van der Waals surface area contributed by atoms with Crippen LogP contribution in [0.4, 0.5) is 0 Å². The first-order valence-electron chi connectivity index (χ1n) is 6.76. The third-order valence-electron chi connectivity index (χ3n) is 3.71. The van der Waals surface area contributed by atoms with Gasteiger partial charge in [0.25, 0.3) is 0 Å². The number of rotatable bonds is 5. The van der Waals surface area contributed by atoms with Crippen molar-refractivity contribution in [3.63, 3.8) is 0 Å². The average Bonchev–Trinajstić information content (AvgIpc) is 2.81. The molecule has 1 aromatic carbocycles. The molecule has 1 N–H and O–H groups in total. The Balaban J connectivity index is 2.12. The van der Waals surface area contributed by atoms with Crippen LogP contribution in [0, 0.1) is 0 Å². The second kappa shape index (κ2) is 6.48. The van der Waals surface area contributed by atoms with E-state index in [1.807, 2.05) is 12.1 Å². The number of thioether (sulfide) groups is 1. The van der Waals surface area contributed by atoms with Gasteiger partial charge in [-0.1, -0.05) is 32.0 Å². The Labute approximate surface area is 114 Å². The van der Waals surface area contributed by atoms with Gasteiger partial charge in [0.2, 0.25) is 0 Å². The van der Waals surface area contributed by atoms with Gasteiger partial charge in [-0.25, -0.2) is 0 Å². The number of hydrogen-bond donors (Lipinski definition) is 1. The van der Waals surface area contributed by atoms with E-state index in [2.05, 4.69) is 43.1 Å². The molecule has 1 aliphatic rings. The highest BCUT2D eigenvalue weighted by Crippen LogP contribution is 2.32. The second-order valence-corrected chi connectivity index (χ2v) is 6.33. The minimum atomic E-state index is 0.396. The van der Waals surface area contributed by atoms with Crippen molar-refractivity contribution in [2.75, 3.05) is 12.9 Å². The Morgan fingerprint density at radius 2 is 2.22 bits per heavy atom. The van der Waals surface area contributed by atoms with Crippen molar-refractivity contribution in [1.29, 1.82) is 0 Å². The highest BCUT2D eigenvalue weighted by atomic mass is 32.2. The van der Waals surface area contributed by atoms with Gasteiger partial charge in [0, 0.05) is 22.9 Å². The molecule has 0 amide bonds. The van der Waals surface area contributed by atoms with Crippen molar-refractivity contribution in [2.24, 2.45) is 0 Å². The molecule has 3 atom stereocenters. The summed E-state index contributed by atoms with van der Waals surface area (Å²) in [4.78, 5) is 0. The van der Waals surface area contributed by atoms with E-state index >= 15 is 0 Å². The molecule has 100 valence electrons. The van der Waals surface area contributed by atoms with Crippen molar-refractivity contribution in [3.05, 3.63) is 29.8 Å². The van der Waals surface area contributed by atoms with E-state index in [1.54, 1.807) is 7.11 Å². The quantitative estimate of drug-likeness (QED) is 0.878. The molecule has 2 rings (SSSR count). The SMILES string of the molecule is CCC(NC1CCSC1C)c1ccccc1OC. The van der Waals surface area contributed by atoms with Gasteiger partial charge in [-0.2, -0.15) is 11.8 Å². The predicted molar refractivity (Wildman–Crippen MR) is 79.5 cm³/mol. The number of benzene rings is 1. The van der Waals surface area contributed by atoms with Crippen LogP contribution in [-0.4, -0.2) is 24.2 Å². The van der Waals surface area contributed by atoms with Crippen LogP contribution in [0.2, 0.25) is 0 Å². The molecule has 0 spiro atoms. The van der Waals surface area contributed by atoms with Gasteiger partial charge in [-0.15, -0.1) is 0 Å². The van der Waals surface area contributed by atoms with Gasteiger partial charge in [0.05, 0.1) is 7.11 Å². The van der Waals surface area contributed by atoms with Gasteiger partial charge in [-0.3, -0.25) is 0 Å². The maximum Gasteiger partial charge on any atom is 0.123 e. The summed E-state index contributed by atoms with van der Waals surface area (Å²) in [6.45, 7) is 4.56. The zero-order chi connectivity index (χ0) is 13.0. The first kappa shape index (κ1) is 13.8. The third-order valence-corrected chi connectivity index (χ3v) is 5.04. The summed E-state index contributed by atoms with van der Waals surface area (Å²) in [5, 5.41) is 4.52. The lowest BCUT2D eigenvalue weighted by Gasteiger charge is -2.25. The van der Waals surface area contributed by atoms with Gasteiger partial charge in [0.1, 0.15) is 5.75 Å². The lowest BCUT2D eigenvalue weighted by molar-refractivity contribution is 0.381. The van der Waals surface area contributed by atoms with E-state index in [1.165, 1.54) is 17.7 Å². The Morgan fingerprint density at radius 3 is 2.83 bits per heavy atom. The number of hydrogen-bond acceptors (Lipinski definition) is 3. The number of methoxy groups -OCH3 is 1. The molecule has 0 aliphatic carbocycles. The van der Waals surface area contributed by atoms with Crippen LogP contribution in [0.25, 0.3) is 0 Å². The van der Waals surface area contributed by atoms with Crippen LogP contribution in [0.15, 0.2) is 24.3 Å². The summed E-state index contributed by atoms with van der Waals surface area (Å²) in [6, 6.07) is 9.37. The maximum absolute atomic E-state index is 5.47. The Morgan fingerprint density at radius 1 is 1.44 bits per heavy atom. The normalized spacial score (nSPS) is 25.1. The minimum Gasteiger partial charge on any atom is -0.496 e. The highest BCUT2D eigenvalue weighted by Gasteiger charge is 2.26. The molecule has 3 unspecified atom stereocenters. The number of nitrogens with one attached hydrogen (secondary N) is 1. The van der Waals surface area contributed by atoms with E-state index in [9.17, 15) is 0 Å². The highest BCUT2D eigenvalue weighted by molar-refractivity contribution is 8.00. The third kappa shape index (κ3) is 3.01. The van der Waals surface area contributed by atoms with Gasteiger partial charge >= 0.3 is 0 Å². The molecule has 1 aliphatic heterocycles. The molecule has 0 aromatic heterocycles. The van der Waals surface area contributed by atoms with Crippen LogP contribution >= 0.6 is 11.8 Å². The summed E-state index contributed by atoms with van der Waals surface area (Å²) in [7, 11) is 1.75. The molecule has 2 nitrogen and oxygen atoms in total. The molecule has 1 aromatic rings. The molecule has 18 heavy (non-hydrogen) atoms. The summed E-state index contributed by atoms with van der Waals surface area (Å²) in [6.07, 6.45) is 2.37. The molecule has 1 fully saturated rings. The first-order valence-corrected chi connectivity index (χ1v) is 7.81. The molecular formula is C15H23NOS. The fourth-order valence-corrected chi connectivity index (χ4v) is 3.80. The standard InChI is InChI=1S/C15H23NOS/c1-4-13(16-14-9-10-18-11(14)2)12-7-5-6-8-15(12)17-3/h5-8,11,13-14,16H,4,9-10H2,1-3H3. The number of para-hydroxylation sites is 1. The lowest BCUT2D eigenvalue weighted by Crippen LogP contribution is -2.36. The van der Waals surface area contributed by atoms with Crippen molar-refractivity contribution in [3.8, 4) is 5.75 Å². The molecule has 1 saturated heterocycles. The zero-order valence-corrected chi connectivity index (χ0v) is 12.3. The van der Waals surface area contributed by atoms with E-state index in [0.29, 0.717) is 17.3 Å². The maximum atomic E-state index is 5.47. The van der Waals surface area contributed by atoms with E-state index in [-0.39, 0.29) is 0 Å². The second-order valence-electron chi connectivity index (χ2n) is 4.84. The van der Waals surface area contributed by atoms with E-state index < -0.39 is 0 Å². The zero-order valence-electron chi connectivity index (χ0n) is 11.5. The fraction of sp³-hybridized carbons (Fsp3) is 0.600. The van der Waals surface area contributed by atoms with Crippen molar-refractivity contribution >= 4 is 11.8 Å². The summed E-state index contributed by atoms with van der Waals surface area (Å²) in [5.74, 6) is 2.27. The summed E-state index contributed by atoms with van der Waals surface area (Å²) in [5.41, 5.74) is 1.28. The monoisotopic (exact) mass is 265 g/mol. The predicted octanol–water partition coefficient (Wildman–Crippen LogP) is 3.63. The number of ether oxygens (including phenoxy) is 1. The van der Waals surface area contributed by atoms with Crippen LogP contribution in [0.1, 0.15) is 38.3 Å². The Kier molecular flexibility index (Phi) is 4.95. The molecule has 3 heteroatoms. The summed E-state index contributed by atoms with van der Waals surface area (Å²) >= 11 is 2.07. The first-order chi connectivity index (χ1) is 8.76. The van der Waals surface area contributed by atoms with Gasteiger partial charge in [0.15, 0.2) is 0 Å². The molecule has 0 saturated carbocycles.